The van der Waals surface area contributed by atoms with Gasteiger partial charge in [-0.3, -0.25) is 14.7 Å². The maximum atomic E-state index is 12.4. The third kappa shape index (κ3) is 4.91. The normalized spacial score (nSPS) is 17.3. The van der Waals surface area contributed by atoms with Gasteiger partial charge in [-0.15, -0.1) is 0 Å². The molecule has 0 bridgehead atoms. The zero-order valence-corrected chi connectivity index (χ0v) is 15.1. The van der Waals surface area contributed by atoms with Gasteiger partial charge < -0.3 is 10.2 Å². The van der Waals surface area contributed by atoms with Crippen molar-refractivity contribution in [2.45, 2.75) is 39.2 Å². The van der Waals surface area contributed by atoms with Gasteiger partial charge in [-0.25, -0.2) is 4.98 Å². The average Bonchev–Trinajstić information content (AvgIpc) is 3.07. The number of amides is 2. The van der Waals surface area contributed by atoms with E-state index in [4.69, 9.17) is 0 Å². The Morgan fingerprint density at radius 2 is 2.15 bits per heavy atom. The van der Waals surface area contributed by atoms with E-state index in [1.807, 2.05) is 30.0 Å². The minimum atomic E-state index is -0.163. The summed E-state index contributed by atoms with van der Waals surface area (Å²) >= 11 is 0. The Bertz CT molecular complexity index is 743. The summed E-state index contributed by atoms with van der Waals surface area (Å²) in [4.78, 5) is 30.6. The monoisotopic (exact) mass is 355 g/mol. The number of rotatable bonds is 7. The van der Waals surface area contributed by atoms with Crippen LogP contribution < -0.4 is 5.32 Å². The van der Waals surface area contributed by atoms with Crippen LogP contribution in [0, 0.1) is 12.8 Å². The molecule has 1 aromatic heterocycles. The highest BCUT2D eigenvalue weighted by molar-refractivity contribution is 5.83. The van der Waals surface area contributed by atoms with E-state index < -0.39 is 0 Å². The summed E-state index contributed by atoms with van der Waals surface area (Å²) in [5.74, 6) is 1.24. The highest BCUT2D eigenvalue weighted by atomic mass is 16.2. The van der Waals surface area contributed by atoms with Gasteiger partial charge in [0.25, 0.3) is 0 Å². The molecule has 7 nitrogen and oxygen atoms in total. The molecule has 0 spiro atoms. The number of aromatic nitrogens is 3. The fourth-order valence-corrected chi connectivity index (χ4v) is 3.24. The van der Waals surface area contributed by atoms with Crippen molar-refractivity contribution in [2.24, 2.45) is 5.92 Å². The molecule has 0 aliphatic carbocycles. The van der Waals surface area contributed by atoms with Gasteiger partial charge in [0.05, 0.1) is 12.5 Å². The smallest absolute Gasteiger partial charge is 0.225 e. The lowest BCUT2D eigenvalue weighted by Gasteiger charge is -2.32. The van der Waals surface area contributed by atoms with Gasteiger partial charge in [0.1, 0.15) is 5.82 Å². The van der Waals surface area contributed by atoms with Crippen LogP contribution in [0.4, 0.5) is 0 Å². The number of likely N-dealkylation sites (tertiary alicyclic amines) is 1. The Morgan fingerprint density at radius 3 is 2.88 bits per heavy atom. The number of piperidine rings is 1. The van der Waals surface area contributed by atoms with Gasteiger partial charge in [0.15, 0.2) is 5.82 Å². The number of carbonyl (C=O) groups excluding carboxylic acids is 2. The molecule has 2 N–H and O–H groups in total. The van der Waals surface area contributed by atoms with Gasteiger partial charge in [-0.2, -0.15) is 5.10 Å². The third-order valence-corrected chi connectivity index (χ3v) is 4.67. The van der Waals surface area contributed by atoms with Crippen LogP contribution in [0.3, 0.4) is 0 Å². The molecule has 26 heavy (non-hydrogen) atoms. The third-order valence-electron chi connectivity index (χ3n) is 4.67. The van der Waals surface area contributed by atoms with E-state index in [1.54, 1.807) is 0 Å². The van der Waals surface area contributed by atoms with Crippen molar-refractivity contribution < 1.29 is 9.59 Å². The second-order valence-corrected chi connectivity index (χ2v) is 6.72. The van der Waals surface area contributed by atoms with Crippen LogP contribution in [0.5, 0.6) is 0 Å². The maximum Gasteiger partial charge on any atom is 0.225 e. The molecule has 3 rings (SSSR count). The van der Waals surface area contributed by atoms with E-state index in [2.05, 4.69) is 32.6 Å². The zero-order chi connectivity index (χ0) is 18.4. The first-order valence-electron chi connectivity index (χ1n) is 9.09. The number of hydrogen-bond acceptors (Lipinski definition) is 4. The van der Waals surface area contributed by atoms with E-state index in [9.17, 15) is 9.59 Å². The molecular weight excluding hydrogens is 330 g/mol. The number of hydrogen-bond donors (Lipinski definition) is 2. The van der Waals surface area contributed by atoms with Crippen molar-refractivity contribution in [3.63, 3.8) is 0 Å². The van der Waals surface area contributed by atoms with Crippen molar-refractivity contribution in [3.05, 3.63) is 47.5 Å². The van der Waals surface area contributed by atoms with Crippen molar-refractivity contribution in [2.75, 3.05) is 13.1 Å². The van der Waals surface area contributed by atoms with Crippen LogP contribution in [-0.4, -0.2) is 45.0 Å². The summed E-state index contributed by atoms with van der Waals surface area (Å²) in [7, 11) is 0. The molecule has 1 aliphatic heterocycles. The molecule has 0 saturated carbocycles. The Kier molecular flexibility index (Phi) is 5.99. The van der Waals surface area contributed by atoms with Crippen LogP contribution in [0.1, 0.15) is 36.5 Å². The number of carbonyl (C=O) groups is 2. The molecule has 7 heteroatoms. The summed E-state index contributed by atoms with van der Waals surface area (Å²) in [5.41, 5.74) is 1.27. The molecule has 1 fully saturated rings. The Labute approximate surface area is 153 Å². The molecular formula is C19H25N5O2. The van der Waals surface area contributed by atoms with Gasteiger partial charge >= 0.3 is 0 Å². The number of benzene rings is 1. The minimum Gasteiger partial charge on any atom is -0.348 e. The van der Waals surface area contributed by atoms with Crippen molar-refractivity contribution in [1.82, 2.24) is 25.4 Å². The molecule has 1 atom stereocenters. The quantitative estimate of drug-likeness (QED) is 0.789. The van der Waals surface area contributed by atoms with Crippen LogP contribution >= 0.6 is 0 Å². The molecule has 2 aromatic rings. The highest BCUT2D eigenvalue weighted by Crippen LogP contribution is 2.18. The molecule has 0 radical (unpaired) electrons. The molecule has 1 saturated heterocycles. The molecule has 1 aliphatic rings. The molecule has 0 unspecified atom stereocenters. The van der Waals surface area contributed by atoms with Crippen molar-refractivity contribution >= 4 is 11.8 Å². The minimum absolute atomic E-state index is 0.0342. The summed E-state index contributed by atoms with van der Waals surface area (Å²) in [6.45, 7) is 3.31. The number of aromatic amines is 1. The predicted octanol–water partition coefficient (Wildman–Crippen LogP) is 1.60. The second-order valence-electron chi connectivity index (χ2n) is 6.72. The topological polar surface area (TPSA) is 91.0 Å². The van der Waals surface area contributed by atoms with E-state index in [-0.39, 0.29) is 17.7 Å². The predicted molar refractivity (Wildman–Crippen MR) is 97.0 cm³/mol. The van der Waals surface area contributed by atoms with Gasteiger partial charge in [0.2, 0.25) is 11.8 Å². The number of nitrogens with one attached hydrogen (secondary N) is 2. The molecule has 1 aromatic carbocycles. The number of nitrogens with zero attached hydrogens (tertiary/aromatic N) is 3. The van der Waals surface area contributed by atoms with Crippen LogP contribution in [0.15, 0.2) is 30.3 Å². The van der Waals surface area contributed by atoms with E-state index in [1.165, 1.54) is 5.56 Å². The summed E-state index contributed by atoms with van der Waals surface area (Å²) in [5, 5.41) is 9.65. The maximum absolute atomic E-state index is 12.4. The van der Waals surface area contributed by atoms with E-state index in [0.29, 0.717) is 38.3 Å². The first-order chi connectivity index (χ1) is 12.6. The van der Waals surface area contributed by atoms with Crippen LogP contribution in [0.25, 0.3) is 0 Å². The lowest BCUT2D eigenvalue weighted by molar-refractivity contribution is -0.138. The Balaban J connectivity index is 1.45. The summed E-state index contributed by atoms with van der Waals surface area (Å²) in [6, 6.07) is 10.2. The molecule has 2 amide bonds. The first kappa shape index (κ1) is 18.1. The first-order valence-corrected chi connectivity index (χ1v) is 9.09. The number of H-pyrrole nitrogens is 1. The summed E-state index contributed by atoms with van der Waals surface area (Å²) < 4.78 is 0. The fourth-order valence-electron chi connectivity index (χ4n) is 3.24. The Morgan fingerprint density at radius 1 is 1.35 bits per heavy atom. The van der Waals surface area contributed by atoms with Gasteiger partial charge in [-0.1, -0.05) is 30.3 Å². The number of aryl methyl sites for hydroxylation is 2. The largest absolute Gasteiger partial charge is 0.348 e. The van der Waals surface area contributed by atoms with Crippen LogP contribution in [-0.2, 0) is 22.6 Å². The second kappa shape index (κ2) is 8.60. The van der Waals surface area contributed by atoms with Crippen molar-refractivity contribution in [3.8, 4) is 0 Å². The van der Waals surface area contributed by atoms with Gasteiger partial charge in [0, 0.05) is 19.5 Å². The van der Waals surface area contributed by atoms with E-state index in [0.717, 1.165) is 18.7 Å². The standard InChI is InChI=1S/C19H25N5O2/c1-14-21-17(23-22-14)12-20-19(26)16-9-10-18(25)24(13-16)11-5-8-15-6-3-2-4-7-15/h2-4,6-7,16H,5,8-13H2,1H3,(H,20,26)(H,21,22,23)/t16-/m1/s1. The fraction of sp³-hybridized carbons (Fsp3) is 0.474. The average molecular weight is 355 g/mol. The lowest BCUT2D eigenvalue weighted by atomic mass is 9.96. The zero-order valence-electron chi connectivity index (χ0n) is 15.1. The van der Waals surface area contributed by atoms with Crippen LogP contribution in [0.2, 0.25) is 0 Å². The lowest BCUT2D eigenvalue weighted by Crippen LogP contribution is -2.46. The molecule has 138 valence electrons. The van der Waals surface area contributed by atoms with Crippen molar-refractivity contribution in [1.29, 1.82) is 0 Å². The SMILES string of the molecule is Cc1nc(CNC(=O)[C@@H]2CCC(=O)N(CCCc3ccccc3)C2)n[nH]1. The Hall–Kier alpha value is -2.70. The molecule has 2 heterocycles. The summed E-state index contributed by atoms with van der Waals surface area (Å²) in [6.07, 6.45) is 2.88. The van der Waals surface area contributed by atoms with E-state index >= 15 is 0 Å². The van der Waals surface area contributed by atoms with Gasteiger partial charge in [-0.05, 0) is 31.7 Å². The highest BCUT2D eigenvalue weighted by Gasteiger charge is 2.29.